The standard InChI is InChI=1S/C17H12BrClN2O2/c18-13-5-1-12(2-6-13)17(22)20-10-15-9-16(23-21-15)11-3-7-14(19)8-4-11/h1-9H,10H2,(H,20,22). The van der Waals surface area contributed by atoms with E-state index in [0.717, 1.165) is 10.0 Å². The SMILES string of the molecule is O=C(NCc1cc(-c2ccc(Cl)cc2)on1)c1ccc(Br)cc1. The lowest BCUT2D eigenvalue weighted by Crippen LogP contribution is -2.22. The number of nitrogens with zero attached hydrogens (tertiary/aromatic N) is 1. The number of carbonyl (C=O) groups is 1. The van der Waals surface area contributed by atoms with Gasteiger partial charge in [-0.1, -0.05) is 32.7 Å². The minimum atomic E-state index is -0.159. The number of benzene rings is 2. The van der Waals surface area contributed by atoms with Gasteiger partial charge in [-0.3, -0.25) is 4.79 Å². The Morgan fingerprint density at radius 2 is 1.83 bits per heavy atom. The van der Waals surface area contributed by atoms with E-state index in [-0.39, 0.29) is 5.91 Å². The molecule has 0 saturated carbocycles. The van der Waals surface area contributed by atoms with Crippen molar-refractivity contribution in [1.82, 2.24) is 10.5 Å². The number of hydrogen-bond donors (Lipinski definition) is 1. The number of aromatic nitrogens is 1. The van der Waals surface area contributed by atoms with Gasteiger partial charge in [0.15, 0.2) is 5.76 Å². The van der Waals surface area contributed by atoms with Crippen LogP contribution in [0.15, 0.2) is 63.6 Å². The largest absolute Gasteiger partial charge is 0.356 e. The fourth-order valence-corrected chi connectivity index (χ4v) is 2.41. The van der Waals surface area contributed by atoms with Crippen LogP contribution < -0.4 is 5.32 Å². The zero-order valence-corrected chi connectivity index (χ0v) is 14.3. The summed E-state index contributed by atoms with van der Waals surface area (Å²) >= 11 is 9.20. The molecule has 3 rings (SSSR count). The summed E-state index contributed by atoms with van der Waals surface area (Å²) in [4.78, 5) is 12.0. The van der Waals surface area contributed by atoms with Crippen LogP contribution in [-0.4, -0.2) is 11.1 Å². The average Bonchev–Trinajstić information content (AvgIpc) is 3.03. The number of hydrogen-bond acceptors (Lipinski definition) is 3. The van der Waals surface area contributed by atoms with Crippen molar-refractivity contribution in [3.05, 3.63) is 75.4 Å². The van der Waals surface area contributed by atoms with Crippen molar-refractivity contribution in [2.24, 2.45) is 0 Å². The number of carbonyl (C=O) groups excluding carboxylic acids is 1. The van der Waals surface area contributed by atoms with Gasteiger partial charge in [0, 0.05) is 26.7 Å². The van der Waals surface area contributed by atoms with Crippen LogP contribution >= 0.6 is 27.5 Å². The van der Waals surface area contributed by atoms with E-state index in [1.807, 2.05) is 24.3 Å². The molecular formula is C17H12BrClN2O2. The Kier molecular flexibility index (Phi) is 4.79. The third-order valence-corrected chi connectivity index (χ3v) is 4.00. The highest BCUT2D eigenvalue weighted by Crippen LogP contribution is 2.22. The quantitative estimate of drug-likeness (QED) is 0.702. The molecule has 23 heavy (non-hydrogen) atoms. The molecule has 0 fully saturated rings. The van der Waals surface area contributed by atoms with E-state index < -0.39 is 0 Å². The first-order valence-electron chi connectivity index (χ1n) is 6.87. The number of amides is 1. The second kappa shape index (κ2) is 6.98. The Bertz CT molecular complexity index is 813. The van der Waals surface area contributed by atoms with E-state index in [4.69, 9.17) is 16.1 Å². The first-order chi connectivity index (χ1) is 11.1. The topological polar surface area (TPSA) is 55.1 Å². The molecule has 2 aromatic carbocycles. The molecule has 0 atom stereocenters. The summed E-state index contributed by atoms with van der Waals surface area (Å²) in [7, 11) is 0. The van der Waals surface area contributed by atoms with Gasteiger partial charge in [-0.05, 0) is 48.5 Å². The molecule has 0 aliphatic rings. The molecule has 0 saturated heterocycles. The van der Waals surface area contributed by atoms with Crippen LogP contribution in [0.25, 0.3) is 11.3 Å². The second-order valence-corrected chi connectivity index (χ2v) is 6.23. The Hall–Kier alpha value is -2.11. The van der Waals surface area contributed by atoms with Gasteiger partial charge in [-0.2, -0.15) is 0 Å². The smallest absolute Gasteiger partial charge is 0.251 e. The van der Waals surface area contributed by atoms with Gasteiger partial charge in [-0.25, -0.2) is 0 Å². The molecule has 0 bridgehead atoms. The van der Waals surface area contributed by atoms with Gasteiger partial charge in [-0.15, -0.1) is 0 Å². The molecule has 3 aromatic rings. The molecule has 1 amide bonds. The molecule has 0 unspecified atom stereocenters. The lowest BCUT2D eigenvalue weighted by Gasteiger charge is -2.02. The highest BCUT2D eigenvalue weighted by molar-refractivity contribution is 9.10. The van der Waals surface area contributed by atoms with E-state index in [2.05, 4.69) is 26.4 Å². The van der Waals surface area contributed by atoms with Gasteiger partial charge >= 0.3 is 0 Å². The van der Waals surface area contributed by atoms with Gasteiger partial charge < -0.3 is 9.84 Å². The van der Waals surface area contributed by atoms with Crippen LogP contribution in [-0.2, 0) is 6.54 Å². The van der Waals surface area contributed by atoms with E-state index in [1.165, 1.54) is 0 Å². The molecule has 1 heterocycles. The number of nitrogens with one attached hydrogen (secondary N) is 1. The molecule has 4 nitrogen and oxygen atoms in total. The summed E-state index contributed by atoms with van der Waals surface area (Å²) in [6.07, 6.45) is 0. The molecule has 1 aromatic heterocycles. The Balaban J connectivity index is 1.64. The summed E-state index contributed by atoms with van der Waals surface area (Å²) in [6.45, 7) is 0.298. The molecule has 0 spiro atoms. The van der Waals surface area contributed by atoms with E-state index >= 15 is 0 Å². The maximum Gasteiger partial charge on any atom is 0.251 e. The molecular weight excluding hydrogens is 380 g/mol. The van der Waals surface area contributed by atoms with Crippen molar-refractivity contribution in [2.45, 2.75) is 6.54 Å². The van der Waals surface area contributed by atoms with Crippen LogP contribution in [0.4, 0.5) is 0 Å². The molecule has 0 radical (unpaired) electrons. The fraction of sp³-hybridized carbons (Fsp3) is 0.0588. The number of halogens is 2. The lowest BCUT2D eigenvalue weighted by molar-refractivity contribution is 0.0950. The molecule has 0 aliphatic heterocycles. The Morgan fingerprint density at radius 1 is 1.13 bits per heavy atom. The maximum atomic E-state index is 12.0. The van der Waals surface area contributed by atoms with Crippen molar-refractivity contribution >= 4 is 33.4 Å². The first-order valence-corrected chi connectivity index (χ1v) is 8.04. The summed E-state index contributed by atoms with van der Waals surface area (Å²) < 4.78 is 6.22. The van der Waals surface area contributed by atoms with Crippen LogP contribution in [0, 0.1) is 0 Å². The van der Waals surface area contributed by atoms with Crippen molar-refractivity contribution in [3.8, 4) is 11.3 Å². The highest BCUT2D eigenvalue weighted by atomic mass is 79.9. The summed E-state index contributed by atoms with van der Waals surface area (Å²) in [5, 5.41) is 7.44. The van der Waals surface area contributed by atoms with Gasteiger partial charge in [0.1, 0.15) is 5.69 Å². The Morgan fingerprint density at radius 3 is 2.52 bits per heavy atom. The van der Waals surface area contributed by atoms with Gasteiger partial charge in [0.25, 0.3) is 5.91 Å². The molecule has 6 heteroatoms. The predicted molar refractivity (Wildman–Crippen MR) is 92.3 cm³/mol. The summed E-state index contributed by atoms with van der Waals surface area (Å²) in [5.41, 5.74) is 2.13. The van der Waals surface area contributed by atoms with Gasteiger partial charge in [0.2, 0.25) is 0 Å². The van der Waals surface area contributed by atoms with Crippen molar-refractivity contribution in [1.29, 1.82) is 0 Å². The first kappa shape index (κ1) is 15.8. The monoisotopic (exact) mass is 390 g/mol. The van der Waals surface area contributed by atoms with Crippen LogP contribution in [0.2, 0.25) is 5.02 Å². The summed E-state index contributed by atoms with van der Waals surface area (Å²) in [5.74, 6) is 0.475. The third kappa shape index (κ3) is 4.00. The van der Waals surface area contributed by atoms with Crippen LogP contribution in [0.1, 0.15) is 16.1 Å². The lowest BCUT2D eigenvalue weighted by atomic mass is 10.1. The second-order valence-electron chi connectivity index (χ2n) is 4.88. The van der Waals surface area contributed by atoms with Crippen LogP contribution in [0.5, 0.6) is 0 Å². The molecule has 0 aliphatic carbocycles. The van der Waals surface area contributed by atoms with Gasteiger partial charge in [0.05, 0.1) is 6.54 Å². The van der Waals surface area contributed by atoms with Crippen molar-refractivity contribution in [2.75, 3.05) is 0 Å². The maximum absolute atomic E-state index is 12.0. The zero-order valence-electron chi connectivity index (χ0n) is 11.9. The normalized spacial score (nSPS) is 10.5. The average molecular weight is 392 g/mol. The zero-order chi connectivity index (χ0) is 16.2. The number of rotatable bonds is 4. The third-order valence-electron chi connectivity index (χ3n) is 3.22. The van der Waals surface area contributed by atoms with Crippen molar-refractivity contribution in [3.63, 3.8) is 0 Å². The minimum absolute atomic E-state index is 0.159. The highest BCUT2D eigenvalue weighted by Gasteiger charge is 2.09. The van der Waals surface area contributed by atoms with Crippen LogP contribution in [0.3, 0.4) is 0 Å². The predicted octanol–water partition coefficient (Wildman–Crippen LogP) is 4.69. The fourth-order valence-electron chi connectivity index (χ4n) is 2.02. The Labute approximate surface area is 146 Å². The molecule has 1 N–H and O–H groups in total. The van der Waals surface area contributed by atoms with E-state index in [1.54, 1.807) is 30.3 Å². The summed E-state index contributed by atoms with van der Waals surface area (Å²) in [6, 6.07) is 16.2. The van der Waals surface area contributed by atoms with E-state index in [0.29, 0.717) is 28.6 Å². The minimum Gasteiger partial charge on any atom is -0.356 e. The molecule has 116 valence electrons. The van der Waals surface area contributed by atoms with Crippen molar-refractivity contribution < 1.29 is 9.32 Å². The van der Waals surface area contributed by atoms with E-state index in [9.17, 15) is 4.79 Å².